The molecule has 0 aliphatic carbocycles. The lowest BCUT2D eigenvalue weighted by atomic mass is 10.3. The Morgan fingerprint density at radius 1 is 1.42 bits per heavy atom. The van der Waals surface area contributed by atoms with Crippen LogP contribution in [-0.4, -0.2) is 9.97 Å². The van der Waals surface area contributed by atoms with Gasteiger partial charge in [-0.05, 0) is 12.1 Å². The fourth-order valence-corrected chi connectivity index (χ4v) is 1.07. The van der Waals surface area contributed by atoms with Crippen molar-refractivity contribution in [1.29, 1.82) is 0 Å². The summed E-state index contributed by atoms with van der Waals surface area (Å²) >= 11 is 4.95. The minimum Gasteiger partial charge on any atom is -0.472 e. The van der Waals surface area contributed by atoms with Crippen molar-refractivity contribution in [2.45, 2.75) is 0 Å². The summed E-state index contributed by atoms with van der Waals surface area (Å²) in [6.07, 6.45) is 4.88. The van der Waals surface area contributed by atoms with Crippen molar-refractivity contribution in [3.05, 3.63) is 35.5 Å². The smallest absolute Gasteiger partial charge is 0.141 e. The molecule has 0 saturated heterocycles. The molecule has 0 bridgehead atoms. The number of rotatable bonds is 1. The molecule has 0 radical (unpaired) electrons. The van der Waals surface area contributed by atoms with Crippen LogP contribution in [0.25, 0.3) is 11.4 Å². The average molecular weight is 178 g/mol. The Morgan fingerprint density at radius 3 is 3.00 bits per heavy atom. The Labute approximate surface area is 74.1 Å². The fourth-order valence-electron chi connectivity index (χ4n) is 0.916. The lowest BCUT2D eigenvalue weighted by Crippen LogP contribution is -1.85. The normalized spacial score (nSPS) is 10.0. The van der Waals surface area contributed by atoms with Crippen molar-refractivity contribution >= 4 is 12.2 Å². The minimum atomic E-state index is 0.668. The second-order valence-electron chi connectivity index (χ2n) is 2.29. The van der Waals surface area contributed by atoms with E-state index in [0.717, 1.165) is 11.4 Å². The molecule has 12 heavy (non-hydrogen) atoms. The number of hydrogen-bond donors (Lipinski definition) is 1. The van der Waals surface area contributed by atoms with Crippen LogP contribution in [-0.2, 0) is 0 Å². The van der Waals surface area contributed by atoms with E-state index in [1.807, 2.05) is 6.07 Å². The summed E-state index contributed by atoms with van der Waals surface area (Å²) in [5.41, 5.74) is 0.904. The predicted molar refractivity (Wildman–Crippen MR) is 47.1 cm³/mol. The van der Waals surface area contributed by atoms with Crippen LogP contribution >= 0.6 is 12.2 Å². The van der Waals surface area contributed by atoms with Crippen LogP contribution in [0, 0.1) is 4.64 Å². The van der Waals surface area contributed by atoms with Gasteiger partial charge in [0.25, 0.3) is 0 Å². The molecule has 1 N–H and O–H groups in total. The summed E-state index contributed by atoms with van der Waals surface area (Å²) in [6, 6.07) is 3.56. The van der Waals surface area contributed by atoms with Crippen molar-refractivity contribution in [1.82, 2.24) is 9.97 Å². The van der Waals surface area contributed by atoms with Gasteiger partial charge in [0.1, 0.15) is 16.7 Å². The number of nitrogens with one attached hydrogen (secondary N) is 1. The molecular weight excluding hydrogens is 172 g/mol. The number of hydrogen-bond acceptors (Lipinski definition) is 3. The van der Waals surface area contributed by atoms with Gasteiger partial charge in [0, 0.05) is 6.20 Å². The van der Waals surface area contributed by atoms with Gasteiger partial charge in [0.2, 0.25) is 0 Å². The van der Waals surface area contributed by atoms with Crippen LogP contribution in [0.4, 0.5) is 0 Å². The van der Waals surface area contributed by atoms with E-state index in [9.17, 15) is 0 Å². The molecule has 0 fully saturated rings. The van der Waals surface area contributed by atoms with Crippen LogP contribution in [0.15, 0.2) is 35.3 Å². The van der Waals surface area contributed by atoms with Crippen LogP contribution in [0.3, 0.4) is 0 Å². The minimum absolute atomic E-state index is 0.668. The maximum absolute atomic E-state index is 4.95. The van der Waals surface area contributed by atoms with E-state index in [2.05, 4.69) is 9.97 Å². The highest BCUT2D eigenvalue weighted by Gasteiger charge is 1.98. The molecule has 0 spiro atoms. The standard InChI is InChI=1S/C8H6N2OS/c12-7-1-3-9-8(10-7)6-2-4-11-5-6/h1-5H,(H,9,10,12). The van der Waals surface area contributed by atoms with Gasteiger partial charge in [0.15, 0.2) is 0 Å². The number of aromatic nitrogens is 2. The fraction of sp³-hybridized carbons (Fsp3) is 0. The maximum Gasteiger partial charge on any atom is 0.141 e. The van der Waals surface area contributed by atoms with Gasteiger partial charge in [-0.1, -0.05) is 12.2 Å². The lowest BCUT2D eigenvalue weighted by Gasteiger charge is -1.93. The SMILES string of the molecule is S=c1ccnc(-c2ccoc2)[nH]1. The van der Waals surface area contributed by atoms with E-state index < -0.39 is 0 Å². The van der Waals surface area contributed by atoms with Crippen LogP contribution in [0.2, 0.25) is 0 Å². The second kappa shape index (κ2) is 2.91. The number of furan rings is 1. The zero-order chi connectivity index (χ0) is 8.39. The molecule has 4 heteroatoms. The molecule has 3 nitrogen and oxygen atoms in total. The molecule has 2 rings (SSSR count). The topological polar surface area (TPSA) is 41.8 Å². The molecule has 2 aromatic heterocycles. The van der Waals surface area contributed by atoms with E-state index in [1.165, 1.54) is 0 Å². The number of aromatic amines is 1. The largest absolute Gasteiger partial charge is 0.472 e. The Bertz CT molecular complexity index is 419. The van der Waals surface area contributed by atoms with Gasteiger partial charge in [-0.3, -0.25) is 0 Å². The van der Waals surface area contributed by atoms with E-state index in [0.29, 0.717) is 4.64 Å². The first-order chi connectivity index (χ1) is 5.86. The van der Waals surface area contributed by atoms with Gasteiger partial charge in [-0.25, -0.2) is 4.98 Å². The maximum atomic E-state index is 4.95. The number of H-pyrrole nitrogens is 1. The molecule has 2 heterocycles. The summed E-state index contributed by atoms with van der Waals surface area (Å²) in [4.78, 5) is 7.05. The summed E-state index contributed by atoms with van der Waals surface area (Å²) in [6.45, 7) is 0. The van der Waals surface area contributed by atoms with E-state index >= 15 is 0 Å². The van der Waals surface area contributed by atoms with Crippen molar-refractivity contribution in [3.8, 4) is 11.4 Å². The van der Waals surface area contributed by atoms with Gasteiger partial charge >= 0.3 is 0 Å². The molecule has 0 amide bonds. The Morgan fingerprint density at radius 2 is 2.33 bits per heavy atom. The first-order valence-corrected chi connectivity index (χ1v) is 3.85. The lowest BCUT2D eigenvalue weighted by molar-refractivity contribution is 0.568. The third kappa shape index (κ3) is 1.29. The highest BCUT2D eigenvalue weighted by atomic mass is 32.1. The quantitative estimate of drug-likeness (QED) is 0.682. The summed E-state index contributed by atoms with van der Waals surface area (Å²) in [7, 11) is 0. The van der Waals surface area contributed by atoms with Crippen LogP contribution in [0.5, 0.6) is 0 Å². The molecule has 60 valence electrons. The Kier molecular flexibility index (Phi) is 1.75. The van der Waals surface area contributed by atoms with E-state index in [1.54, 1.807) is 24.8 Å². The first kappa shape index (κ1) is 7.24. The summed E-state index contributed by atoms with van der Waals surface area (Å²) in [5, 5.41) is 0. The zero-order valence-electron chi connectivity index (χ0n) is 6.15. The summed E-state index contributed by atoms with van der Waals surface area (Å²) in [5.74, 6) is 0.733. The molecular formula is C8H6N2OS. The van der Waals surface area contributed by atoms with Gasteiger partial charge in [0.05, 0.1) is 11.8 Å². The molecule has 2 aromatic rings. The second-order valence-corrected chi connectivity index (χ2v) is 2.73. The third-order valence-corrected chi connectivity index (χ3v) is 1.70. The molecule has 0 aromatic carbocycles. The van der Waals surface area contributed by atoms with Crippen LogP contribution in [0.1, 0.15) is 0 Å². The molecule has 0 unspecified atom stereocenters. The van der Waals surface area contributed by atoms with Crippen LogP contribution < -0.4 is 0 Å². The predicted octanol–water partition coefficient (Wildman–Crippen LogP) is 2.40. The molecule has 0 saturated carbocycles. The van der Waals surface area contributed by atoms with Gasteiger partial charge in [-0.2, -0.15) is 0 Å². The highest BCUT2D eigenvalue weighted by Crippen LogP contribution is 2.13. The van der Waals surface area contributed by atoms with E-state index in [-0.39, 0.29) is 0 Å². The Balaban J connectivity index is 2.55. The molecule has 0 atom stereocenters. The van der Waals surface area contributed by atoms with Crippen molar-refractivity contribution in [2.24, 2.45) is 0 Å². The Hall–Kier alpha value is -1.42. The average Bonchev–Trinajstić information content (AvgIpc) is 2.56. The molecule has 0 aliphatic heterocycles. The van der Waals surface area contributed by atoms with Gasteiger partial charge < -0.3 is 9.40 Å². The van der Waals surface area contributed by atoms with Crippen molar-refractivity contribution in [3.63, 3.8) is 0 Å². The monoisotopic (exact) mass is 178 g/mol. The van der Waals surface area contributed by atoms with Gasteiger partial charge in [-0.15, -0.1) is 0 Å². The zero-order valence-corrected chi connectivity index (χ0v) is 6.97. The van der Waals surface area contributed by atoms with Crippen molar-refractivity contribution < 1.29 is 4.42 Å². The molecule has 0 aliphatic rings. The third-order valence-electron chi connectivity index (χ3n) is 1.47. The highest BCUT2D eigenvalue weighted by molar-refractivity contribution is 7.71. The number of nitrogens with zero attached hydrogens (tertiary/aromatic N) is 1. The summed E-state index contributed by atoms with van der Waals surface area (Å²) < 4.78 is 5.58. The van der Waals surface area contributed by atoms with Crippen molar-refractivity contribution in [2.75, 3.05) is 0 Å². The van der Waals surface area contributed by atoms with E-state index in [4.69, 9.17) is 16.6 Å². The first-order valence-electron chi connectivity index (χ1n) is 3.44.